The Morgan fingerprint density at radius 3 is 2.15 bits per heavy atom. The molecule has 4 nitrogen and oxygen atoms in total. The third-order valence-corrected chi connectivity index (χ3v) is 4.16. The Kier molecular flexibility index (Phi) is 5.86. The van der Waals surface area contributed by atoms with Crippen molar-refractivity contribution in [3.63, 3.8) is 0 Å². The molecule has 0 heterocycles. The van der Waals surface area contributed by atoms with Crippen molar-refractivity contribution in [3.8, 4) is 11.8 Å². The number of nitrogens with zero attached hydrogens (tertiary/aromatic N) is 2. The van der Waals surface area contributed by atoms with E-state index in [2.05, 4.69) is 6.07 Å². The van der Waals surface area contributed by atoms with E-state index in [1.54, 1.807) is 36.1 Å². The molecule has 1 amide bonds. The number of carbonyl (C=O) groups is 1. The summed E-state index contributed by atoms with van der Waals surface area (Å²) in [6.45, 7) is 2.20. The molecule has 4 heteroatoms. The molecule has 134 valence electrons. The van der Waals surface area contributed by atoms with Gasteiger partial charge in [-0.3, -0.25) is 4.79 Å². The minimum absolute atomic E-state index is 0.130. The van der Waals surface area contributed by atoms with Crippen LogP contribution in [0.5, 0.6) is 5.75 Å². The zero-order valence-electron chi connectivity index (χ0n) is 15.1. The van der Waals surface area contributed by atoms with E-state index in [1.165, 1.54) is 0 Å². The topological polar surface area (TPSA) is 53.3 Å². The van der Waals surface area contributed by atoms with Crippen LogP contribution in [0.4, 0.5) is 5.69 Å². The van der Waals surface area contributed by atoms with Crippen LogP contribution in [0.1, 0.15) is 18.1 Å². The van der Waals surface area contributed by atoms with Gasteiger partial charge >= 0.3 is 0 Å². The Bertz CT molecular complexity index is 916. The van der Waals surface area contributed by atoms with E-state index in [-0.39, 0.29) is 5.91 Å². The summed E-state index contributed by atoms with van der Waals surface area (Å²) in [5, 5.41) is 8.89. The minimum atomic E-state index is -0.665. The second-order valence-electron chi connectivity index (χ2n) is 6.14. The van der Waals surface area contributed by atoms with E-state index in [4.69, 9.17) is 10.00 Å². The molecule has 1 unspecified atom stereocenters. The van der Waals surface area contributed by atoms with Gasteiger partial charge in [0.15, 0.2) is 6.10 Å². The van der Waals surface area contributed by atoms with Crippen molar-refractivity contribution >= 4 is 11.6 Å². The molecule has 0 radical (unpaired) electrons. The first-order chi connectivity index (χ1) is 13.2. The van der Waals surface area contributed by atoms with Gasteiger partial charge in [0.05, 0.1) is 18.2 Å². The lowest BCUT2D eigenvalue weighted by Gasteiger charge is -2.26. The summed E-state index contributed by atoms with van der Waals surface area (Å²) in [6.07, 6.45) is -0.665. The quantitative estimate of drug-likeness (QED) is 0.651. The molecule has 0 aliphatic heterocycles. The van der Waals surface area contributed by atoms with Gasteiger partial charge in [0, 0.05) is 5.69 Å². The number of anilines is 1. The number of para-hydroxylation sites is 1. The Balaban J connectivity index is 1.80. The summed E-state index contributed by atoms with van der Waals surface area (Å²) in [5.74, 6) is 0.428. The van der Waals surface area contributed by atoms with Gasteiger partial charge in [0.2, 0.25) is 0 Å². The average molecular weight is 356 g/mol. The van der Waals surface area contributed by atoms with E-state index in [1.807, 2.05) is 60.7 Å². The molecule has 3 aromatic rings. The number of amides is 1. The normalized spacial score (nSPS) is 11.3. The summed E-state index contributed by atoms with van der Waals surface area (Å²) < 4.78 is 5.82. The van der Waals surface area contributed by atoms with Crippen LogP contribution in [0.25, 0.3) is 0 Å². The van der Waals surface area contributed by atoms with Crippen LogP contribution < -0.4 is 9.64 Å². The van der Waals surface area contributed by atoms with Crippen LogP contribution in [-0.4, -0.2) is 12.0 Å². The highest BCUT2D eigenvalue weighted by molar-refractivity contribution is 5.96. The van der Waals surface area contributed by atoms with Gasteiger partial charge in [-0.1, -0.05) is 48.5 Å². The standard InChI is InChI=1S/C23H20N2O2/c1-18(27-22-14-12-19(16-24)13-15-22)23(26)25(21-10-6-3-7-11-21)17-20-8-4-2-5-9-20/h2-15,18H,17H2,1H3. The van der Waals surface area contributed by atoms with Gasteiger partial charge in [-0.05, 0) is 48.9 Å². The Labute approximate surface area is 159 Å². The first-order valence-corrected chi connectivity index (χ1v) is 8.74. The molecule has 0 aliphatic rings. The highest BCUT2D eigenvalue weighted by atomic mass is 16.5. The fourth-order valence-electron chi connectivity index (χ4n) is 2.75. The monoisotopic (exact) mass is 356 g/mol. The van der Waals surface area contributed by atoms with E-state index >= 15 is 0 Å². The molecule has 27 heavy (non-hydrogen) atoms. The lowest BCUT2D eigenvalue weighted by molar-refractivity contribution is -0.124. The Hall–Kier alpha value is -3.58. The maximum atomic E-state index is 13.1. The summed E-state index contributed by atoms with van der Waals surface area (Å²) in [5.41, 5.74) is 2.42. The second-order valence-corrected chi connectivity index (χ2v) is 6.14. The van der Waals surface area contributed by atoms with Crippen molar-refractivity contribution < 1.29 is 9.53 Å². The minimum Gasteiger partial charge on any atom is -0.481 e. The zero-order chi connectivity index (χ0) is 19.1. The fourth-order valence-corrected chi connectivity index (χ4v) is 2.75. The summed E-state index contributed by atoms with van der Waals surface area (Å²) >= 11 is 0. The Morgan fingerprint density at radius 2 is 1.56 bits per heavy atom. The molecule has 1 atom stereocenters. The van der Waals surface area contributed by atoms with Crippen LogP contribution in [0.15, 0.2) is 84.9 Å². The SMILES string of the molecule is CC(Oc1ccc(C#N)cc1)C(=O)N(Cc1ccccc1)c1ccccc1. The zero-order valence-corrected chi connectivity index (χ0v) is 15.1. The van der Waals surface area contributed by atoms with Crippen molar-refractivity contribution in [1.29, 1.82) is 5.26 Å². The van der Waals surface area contributed by atoms with E-state index in [0.29, 0.717) is 17.9 Å². The van der Waals surface area contributed by atoms with Gasteiger partial charge < -0.3 is 9.64 Å². The van der Waals surface area contributed by atoms with Crippen LogP contribution in [0, 0.1) is 11.3 Å². The third-order valence-electron chi connectivity index (χ3n) is 4.16. The maximum absolute atomic E-state index is 13.1. The number of rotatable bonds is 6. The van der Waals surface area contributed by atoms with Crippen molar-refractivity contribution in [2.45, 2.75) is 19.6 Å². The van der Waals surface area contributed by atoms with Gasteiger partial charge in [-0.25, -0.2) is 0 Å². The molecule has 3 rings (SSSR count). The largest absolute Gasteiger partial charge is 0.481 e. The Morgan fingerprint density at radius 1 is 0.963 bits per heavy atom. The molecular weight excluding hydrogens is 336 g/mol. The van der Waals surface area contributed by atoms with Crippen molar-refractivity contribution in [3.05, 3.63) is 96.1 Å². The van der Waals surface area contributed by atoms with Gasteiger partial charge in [0.1, 0.15) is 5.75 Å². The fraction of sp³-hybridized carbons (Fsp3) is 0.130. The predicted octanol–water partition coefficient (Wildman–Crippen LogP) is 4.56. The first-order valence-electron chi connectivity index (χ1n) is 8.74. The van der Waals surface area contributed by atoms with E-state index < -0.39 is 6.10 Å². The number of ether oxygens (including phenoxy) is 1. The average Bonchev–Trinajstić information content (AvgIpc) is 2.73. The molecule has 0 aliphatic carbocycles. The molecule has 0 saturated heterocycles. The van der Waals surface area contributed by atoms with Gasteiger partial charge in [-0.2, -0.15) is 5.26 Å². The summed E-state index contributed by atoms with van der Waals surface area (Å²) in [4.78, 5) is 14.8. The molecule has 0 aromatic heterocycles. The first kappa shape index (κ1) is 18.2. The summed E-state index contributed by atoms with van der Waals surface area (Å²) in [7, 11) is 0. The molecule has 3 aromatic carbocycles. The van der Waals surface area contributed by atoms with E-state index in [0.717, 1.165) is 11.3 Å². The van der Waals surface area contributed by atoms with E-state index in [9.17, 15) is 4.79 Å². The highest BCUT2D eigenvalue weighted by Crippen LogP contribution is 2.20. The van der Waals surface area contributed by atoms with Crippen LogP contribution >= 0.6 is 0 Å². The molecule has 0 fully saturated rings. The number of hydrogen-bond donors (Lipinski definition) is 0. The summed E-state index contributed by atoms with van der Waals surface area (Å²) in [6, 6.07) is 28.2. The van der Waals surface area contributed by atoms with Gasteiger partial charge in [0.25, 0.3) is 5.91 Å². The smallest absolute Gasteiger partial charge is 0.268 e. The number of carbonyl (C=O) groups excluding carboxylic acids is 1. The predicted molar refractivity (Wildman–Crippen MR) is 105 cm³/mol. The molecule has 0 spiro atoms. The molecule has 0 N–H and O–H groups in total. The van der Waals surface area contributed by atoms with Crippen molar-refractivity contribution in [2.75, 3.05) is 4.90 Å². The number of nitriles is 1. The third kappa shape index (κ3) is 4.74. The van der Waals surface area contributed by atoms with Crippen molar-refractivity contribution in [1.82, 2.24) is 0 Å². The van der Waals surface area contributed by atoms with Crippen LogP contribution in [0.3, 0.4) is 0 Å². The second kappa shape index (κ2) is 8.68. The molecular formula is C23H20N2O2. The number of hydrogen-bond acceptors (Lipinski definition) is 3. The lowest BCUT2D eigenvalue weighted by atomic mass is 10.1. The van der Waals surface area contributed by atoms with Crippen molar-refractivity contribution in [2.24, 2.45) is 0 Å². The maximum Gasteiger partial charge on any atom is 0.268 e. The van der Waals surface area contributed by atoms with Crippen LogP contribution in [-0.2, 0) is 11.3 Å². The molecule has 0 bridgehead atoms. The number of benzene rings is 3. The van der Waals surface area contributed by atoms with Gasteiger partial charge in [-0.15, -0.1) is 0 Å². The molecule has 0 saturated carbocycles. The lowest BCUT2D eigenvalue weighted by Crippen LogP contribution is -2.40. The highest BCUT2D eigenvalue weighted by Gasteiger charge is 2.23. The van der Waals surface area contributed by atoms with Crippen LogP contribution in [0.2, 0.25) is 0 Å².